The SMILES string of the molecule is CCc1cc(Br)ccc1NS(=O)(=O)c1cc(CN)cs1. The van der Waals surface area contributed by atoms with E-state index in [1.165, 1.54) is 11.3 Å². The van der Waals surface area contributed by atoms with Gasteiger partial charge in [-0.1, -0.05) is 22.9 Å². The van der Waals surface area contributed by atoms with Gasteiger partial charge in [-0.3, -0.25) is 4.72 Å². The van der Waals surface area contributed by atoms with Gasteiger partial charge in [-0.25, -0.2) is 8.42 Å². The first-order valence-corrected chi connectivity index (χ1v) is 9.20. The fourth-order valence-corrected chi connectivity index (χ4v) is 4.48. The van der Waals surface area contributed by atoms with Crippen molar-refractivity contribution >= 4 is 43.0 Å². The van der Waals surface area contributed by atoms with Crippen molar-refractivity contribution in [3.05, 3.63) is 45.2 Å². The minimum Gasteiger partial charge on any atom is -0.326 e. The van der Waals surface area contributed by atoms with Crippen molar-refractivity contribution in [3.63, 3.8) is 0 Å². The minimum absolute atomic E-state index is 0.280. The first-order valence-electron chi connectivity index (χ1n) is 6.05. The molecule has 0 fully saturated rings. The van der Waals surface area contributed by atoms with Crippen LogP contribution in [0.3, 0.4) is 0 Å². The number of thiophene rings is 1. The second kappa shape index (κ2) is 6.26. The van der Waals surface area contributed by atoms with Crippen molar-refractivity contribution in [1.29, 1.82) is 0 Å². The van der Waals surface area contributed by atoms with Crippen molar-refractivity contribution in [2.24, 2.45) is 5.73 Å². The van der Waals surface area contributed by atoms with Crippen LogP contribution in [0.2, 0.25) is 0 Å². The van der Waals surface area contributed by atoms with E-state index in [0.717, 1.165) is 22.0 Å². The smallest absolute Gasteiger partial charge is 0.271 e. The Bertz CT molecular complexity index is 711. The molecule has 108 valence electrons. The fourth-order valence-electron chi connectivity index (χ4n) is 1.75. The molecule has 0 saturated heterocycles. The monoisotopic (exact) mass is 374 g/mol. The largest absolute Gasteiger partial charge is 0.326 e. The second-order valence-corrected chi connectivity index (χ2v) is 7.97. The van der Waals surface area contributed by atoms with Gasteiger partial charge in [0.25, 0.3) is 10.0 Å². The van der Waals surface area contributed by atoms with Gasteiger partial charge in [-0.05, 0) is 47.2 Å². The number of aryl methyl sites for hydroxylation is 1. The van der Waals surface area contributed by atoms with Crippen molar-refractivity contribution in [2.45, 2.75) is 24.1 Å². The van der Waals surface area contributed by atoms with Crippen LogP contribution in [-0.4, -0.2) is 8.42 Å². The van der Waals surface area contributed by atoms with E-state index in [1.807, 2.05) is 19.1 Å². The summed E-state index contributed by atoms with van der Waals surface area (Å²) in [5.41, 5.74) is 7.88. The number of anilines is 1. The van der Waals surface area contributed by atoms with E-state index in [-0.39, 0.29) is 4.21 Å². The summed E-state index contributed by atoms with van der Waals surface area (Å²) in [5.74, 6) is 0. The fraction of sp³-hybridized carbons (Fsp3) is 0.231. The van der Waals surface area contributed by atoms with Gasteiger partial charge < -0.3 is 5.73 Å². The molecule has 0 atom stereocenters. The van der Waals surface area contributed by atoms with E-state index in [1.54, 1.807) is 17.5 Å². The first-order chi connectivity index (χ1) is 9.46. The molecular formula is C13H15BrN2O2S2. The lowest BCUT2D eigenvalue weighted by atomic mass is 10.1. The summed E-state index contributed by atoms with van der Waals surface area (Å²) in [4.78, 5) is 0. The van der Waals surface area contributed by atoms with Crippen molar-refractivity contribution in [2.75, 3.05) is 4.72 Å². The minimum atomic E-state index is -3.55. The van der Waals surface area contributed by atoms with Gasteiger partial charge in [0.2, 0.25) is 0 Å². The van der Waals surface area contributed by atoms with Crippen LogP contribution in [-0.2, 0) is 23.0 Å². The summed E-state index contributed by atoms with van der Waals surface area (Å²) in [6.07, 6.45) is 0.746. The van der Waals surface area contributed by atoms with Gasteiger partial charge in [-0.15, -0.1) is 11.3 Å². The van der Waals surface area contributed by atoms with Crippen LogP contribution in [0.4, 0.5) is 5.69 Å². The lowest BCUT2D eigenvalue weighted by Crippen LogP contribution is -2.13. The van der Waals surface area contributed by atoms with Gasteiger partial charge in [0.1, 0.15) is 4.21 Å². The Balaban J connectivity index is 2.33. The number of halogens is 1. The molecule has 4 nitrogen and oxygen atoms in total. The summed E-state index contributed by atoms with van der Waals surface area (Å²) in [6, 6.07) is 7.10. The van der Waals surface area contributed by atoms with Crippen molar-refractivity contribution in [3.8, 4) is 0 Å². The average molecular weight is 375 g/mol. The predicted octanol–water partition coefficient (Wildman–Crippen LogP) is 3.33. The molecule has 3 N–H and O–H groups in total. The number of nitrogens with two attached hydrogens (primary N) is 1. The number of sulfonamides is 1. The van der Waals surface area contributed by atoms with Crippen molar-refractivity contribution in [1.82, 2.24) is 0 Å². The Labute approximate surface area is 131 Å². The molecule has 1 aromatic heterocycles. The molecule has 1 heterocycles. The lowest BCUT2D eigenvalue weighted by molar-refractivity contribution is 0.603. The maximum absolute atomic E-state index is 12.3. The number of rotatable bonds is 5. The van der Waals surface area contributed by atoms with E-state index in [4.69, 9.17) is 5.73 Å². The average Bonchev–Trinajstić information content (AvgIpc) is 2.90. The van der Waals surface area contributed by atoms with Crippen LogP contribution in [0.15, 0.2) is 38.3 Å². The maximum Gasteiger partial charge on any atom is 0.271 e. The number of hydrogen-bond donors (Lipinski definition) is 2. The van der Waals surface area contributed by atoms with E-state index in [0.29, 0.717) is 12.2 Å². The molecule has 0 amide bonds. The van der Waals surface area contributed by atoms with Gasteiger partial charge >= 0.3 is 0 Å². The quantitative estimate of drug-likeness (QED) is 0.842. The molecular weight excluding hydrogens is 360 g/mol. The third-order valence-electron chi connectivity index (χ3n) is 2.82. The molecule has 0 unspecified atom stereocenters. The molecule has 0 aliphatic heterocycles. The topological polar surface area (TPSA) is 72.2 Å². The summed E-state index contributed by atoms with van der Waals surface area (Å²) < 4.78 is 28.5. The zero-order chi connectivity index (χ0) is 14.8. The van der Waals surface area contributed by atoms with E-state index >= 15 is 0 Å². The van der Waals surface area contributed by atoms with Crippen LogP contribution >= 0.6 is 27.3 Å². The maximum atomic E-state index is 12.3. The molecule has 20 heavy (non-hydrogen) atoms. The molecule has 0 aliphatic rings. The van der Waals surface area contributed by atoms with Gasteiger partial charge in [0.15, 0.2) is 0 Å². The standard InChI is InChI=1S/C13H15BrN2O2S2/c1-2-10-6-11(14)3-4-12(10)16-20(17,18)13-5-9(7-15)8-19-13/h3-6,8,16H,2,7,15H2,1H3. The summed E-state index contributed by atoms with van der Waals surface area (Å²) >= 11 is 4.56. The number of benzene rings is 1. The van der Waals surface area contributed by atoms with Gasteiger partial charge in [-0.2, -0.15) is 0 Å². The lowest BCUT2D eigenvalue weighted by Gasteiger charge is -2.11. The third-order valence-corrected chi connectivity index (χ3v) is 6.17. The number of nitrogens with one attached hydrogen (secondary N) is 1. The third kappa shape index (κ3) is 3.41. The molecule has 2 aromatic rings. The zero-order valence-corrected chi connectivity index (χ0v) is 14.1. The summed E-state index contributed by atoms with van der Waals surface area (Å²) in [6.45, 7) is 2.32. The zero-order valence-electron chi connectivity index (χ0n) is 10.9. The molecule has 0 bridgehead atoms. The molecule has 0 aliphatic carbocycles. The Morgan fingerprint density at radius 1 is 1.35 bits per heavy atom. The Morgan fingerprint density at radius 3 is 2.70 bits per heavy atom. The highest BCUT2D eigenvalue weighted by atomic mass is 79.9. The highest BCUT2D eigenvalue weighted by molar-refractivity contribution is 9.10. The molecule has 1 aromatic carbocycles. The Morgan fingerprint density at radius 2 is 2.10 bits per heavy atom. The van der Waals surface area contributed by atoms with Crippen molar-refractivity contribution < 1.29 is 8.42 Å². The number of hydrogen-bond acceptors (Lipinski definition) is 4. The highest BCUT2D eigenvalue weighted by Crippen LogP contribution is 2.26. The van der Waals surface area contributed by atoms with Crippen LogP contribution in [0.25, 0.3) is 0 Å². The van der Waals surface area contributed by atoms with E-state index < -0.39 is 10.0 Å². The van der Waals surface area contributed by atoms with Crippen LogP contribution < -0.4 is 10.5 Å². The molecule has 2 rings (SSSR count). The summed E-state index contributed by atoms with van der Waals surface area (Å²) in [5, 5.41) is 1.76. The van der Waals surface area contributed by atoms with E-state index in [2.05, 4.69) is 20.7 Å². The summed E-state index contributed by atoms with van der Waals surface area (Å²) in [7, 11) is -3.55. The van der Waals surface area contributed by atoms with E-state index in [9.17, 15) is 8.42 Å². The van der Waals surface area contributed by atoms with Gasteiger partial charge in [0, 0.05) is 11.0 Å². The normalized spacial score (nSPS) is 11.6. The molecule has 0 spiro atoms. The molecule has 7 heteroatoms. The molecule has 0 saturated carbocycles. The second-order valence-electron chi connectivity index (χ2n) is 4.24. The molecule has 0 radical (unpaired) electrons. The highest BCUT2D eigenvalue weighted by Gasteiger charge is 2.18. The predicted molar refractivity (Wildman–Crippen MR) is 86.5 cm³/mol. The first kappa shape index (κ1) is 15.5. The Kier molecular flexibility index (Phi) is 4.85. The van der Waals surface area contributed by atoms with Gasteiger partial charge in [0.05, 0.1) is 5.69 Å². The van der Waals surface area contributed by atoms with Crippen LogP contribution in [0.5, 0.6) is 0 Å². The Hall–Kier alpha value is -0.890. The van der Waals surface area contributed by atoms with Crippen LogP contribution in [0, 0.1) is 0 Å². The van der Waals surface area contributed by atoms with Crippen LogP contribution in [0.1, 0.15) is 18.1 Å².